The summed E-state index contributed by atoms with van der Waals surface area (Å²) in [5.74, 6) is -0.381. The van der Waals surface area contributed by atoms with Crippen LogP contribution in [0.4, 0.5) is 20.4 Å². The van der Waals surface area contributed by atoms with Crippen molar-refractivity contribution in [2.24, 2.45) is 0 Å². The SMILES string of the molecule is CCc1c(-c2ccc(C(=O)NCCNC(=O)CCCCCCNC(=O)c3cccc(-c4nc(NC(=O)C5(c6ccc7c(c6)OC(F)(F)O7)CC5)ccc4C)c3)nc2)cnc(N)c1-c1ccc(O)cc1. The molecule has 1 aliphatic heterocycles. The lowest BCUT2D eigenvalue weighted by atomic mass is 9.92. The molecule has 0 saturated heterocycles. The van der Waals surface area contributed by atoms with Crippen molar-refractivity contribution < 1.29 is 42.5 Å². The number of aryl methyl sites for hydroxylation is 1. The minimum absolute atomic E-state index is 0.0861. The van der Waals surface area contributed by atoms with Gasteiger partial charge in [0.1, 0.15) is 23.1 Å². The van der Waals surface area contributed by atoms with Gasteiger partial charge in [0.15, 0.2) is 11.5 Å². The number of aromatic hydroxyl groups is 1. The third kappa shape index (κ3) is 11.1. The normalized spacial score (nSPS) is 13.9. The zero-order valence-electron chi connectivity index (χ0n) is 38.2. The molecule has 0 bridgehead atoms. The zero-order valence-corrected chi connectivity index (χ0v) is 38.2. The molecule has 8 rings (SSSR count). The van der Waals surface area contributed by atoms with Crippen LogP contribution in [0.1, 0.15) is 89.4 Å². The Balaban J connectivity index is 0.724. The van der Waals surface area contributed by atoms with E-state index in [0.29, 0.717) is 72.7 Å². The first-order valence-corrected chi connectivity index (χ1v) is 22.9. The molecule has 1 aliphatic carbocycles. The zero-order chi connectivity index (χ0) is 48.7. The number of alkyl halides is 2. The topological polar surface area (TPSA) is 220 Å². The van der Waals surface area contributed by atoms with Gasteiger partial charge in [0.25, 0.3) is 11.8 Å². The van der Waals surface area contributed by atoms with Crippen LogP contribution in [0.3, 0.4) is 0 Å². The summed E-state index contributed by atoms with van der Waals surface area (Å²) in [5.41, 5.74) is 12.9. The molecule has 17 heteroatoms. The summed E-state index contributed by atoms with van der Waals surface area (Å²) >= 11 is 0. The number of anilines is 2. The molecule has 0 unspecified atom stereocenters. The average Bonchev–Trinajstić information content (AvgIpc) is 4.10. The summed E-state index contributed by atoms with van der Waals surface area (Å²) in [7, 11) is 0. The molecule has 4 heterocycles. The highest BCUT2D eigenvalue weighted by Gasteiger charge is 2.53. The number of nitrogen functional groups attached to an aromatic ring is 1. The van der Waals surface area contributed by atoms with Crippen LogP contribution in [0.15, 0.2) is 103 Å². The fourth-order valence-electron chi connectivity index (χ4n) is 8.40. The monoisotopic (exact) mass is 938 g/mol. The van der Waals surface area contributed by atoms with Gasteiger partial charge in [-0.3, -0.25) is 24.2 Å². The van der Waals surface area contributed by atoms with Crippen molar-refractivity contribution in [2.45, 2.75) is 76.9 Å². The summed E-state index contributed by atoms with van der Waals surface area (Å²) < 4.78 is 36.3. The minimum Gasteiger partial charge on any atom is -0.508 e. The van der Waals surface area contributed by atoms with Crippen LogP contribution in [0.2, 0.25) is 0 Å². The summed E-state index contributed by atoms with van der Waals surface area (Å²) in [6, 6.07) is 25.2. The number of phenolic OH excluding ortho intramolecular Hbond substituents is 1. The second-order valence-corrected chi connectivity index (χ2v) is 17.1. The third-order valence-electron chi connectivity index (χ3n) is 12.3. The Bertz CT molecular complexity index is 2890. The van der Waals surface area contributed by atoms with Crippen LogP contribution in [0.25, 0.3) is 33.5 Å². The van der Waals surface area contributed by atoms with Crippen LogP contribution in [-0.2, 0) is 21.4 Å². The van der Waals surface area contributed by atoms with Crippen LogP contribution in [0.5, 0.6) is 17.2 Å². The van der Waals surface area contributed by atoms with Gasteiger partial charge in [-0.1, -0.05) is 62.2 Å². The lowest BCUT2D eigenvalue weighted by Crippen LogP contribution is -2.34. The molecule has 15 nitrogen and oxygen atoms in total. The summed E-state index contributed by atoms with van der Waals surface area (Å²) in [4.78, 5) is 65.5. The number of fused-ring (bicyclic) bond motifs is 1. The number of aromatic nitrogens is 3. The first-order valence-electron chi connectivity index (χ1n) is 22.9. The molecule has 4 amide bonds. The second-order valence-electron chi connectivity index (χ2n) is 17.1. The highest BCUT2D eigenvalue weighted by atomic mass is 19.3. The van der Waals surface area contributed by atoms with E-state index >= 15 is 0 Å². The van der Waals surface area contributed by atoms with Crippen LogP contribution in [0, 0.1) is 6.92 Å². The number of ether oxygens (including phenoxy) is 2. The number of nitrogens with two attached hydrogens (primary N) is 1. The number of rotatable bonds is 19. The van der Waals surface area contributed by atoms with E-state index in [1.54, 1.807) is 73.1 Å². The Kier molecular flexibility index (Phi) is 14.1. The van der Waals surface area contributed by atoms with Crippen LogP contribution >= 0.6 is 0 Å². The molecule has 0 radical (unpaired) electrons. The number of nitrogens with one attached hydrogen (secondary N) is 4. The molecule has 0 atom stereocenters. The van der Waals surface area contributed by atoms with Gasteiger partial charge in [-0.05, 0) is 110 Å². The number of benzene rings is 3. The lowest BCUT2D eigenvalue weighted by Gasteiger charge is -2.17. The number of nitrogens with zero attached hydrogens (tertiary/aromatic N) is 3. The van der Waals surface area contributed by atoms with Gasteiger partial charge in [-0.2, -0.15) is 0 Å². The molecule has 2 aliphatic rings. The average molecular weight is 939 g/mol. The van der Waals surface area contributed by atoms with Gasteiger partial charge < -0.3 is 41.6 Å². The largest absolute Gasteiger partial charge is 0.586 e. The molecule has 69 heavy (non-hydrogen) atoms. The number of phenols is 1. The van der Waals surface area contributed by atoms with Crippen molar-refractivity contribution in [1.29, 1.82) is 0 Å². The first kappa shape index (κ1) is 47.5. The number of pyridine rings is 3. The van der Waals surface area contributed by atoms with E-state index in [0.717, 1.165) is 52.6 Å². The maximum Gasteiger partial charge on any atom is 0.586 e. The van der Waals surface area contributed by atoms with Gasteiger partial charge in [-0.15, -0.1) is 8.78 Å². The van der Waals surface area contributed by atoms with Gasteiger partial charge in [0.2, 0.25) is 11.8 Å². The van der Waals surface area contributed by atoms with Crippen LogP contribution in [-0.4, -0.2) is 69.6 Å². The number of hydrogen-bond donors (Lipinski definition) is 6. The Hall–Kier alpha value is -7.95. The Labute approximate surface area is 397 Å². The summed E-state index contributed by atoms with van der Waals surface area (Å²) in [5, 5.41) is 21.2. The van der Waals surface area contributed by atoms with Crippen molar-refractivity contribution in [3.63, 3.8) is 0 Å². The van der Waals surface area contributed by atoms with Gasteiger partial charge in [0.05, 0.1) is 11.1 Å². The highest BCUT2D eigenvalue weighted by molar-refractivity contribution is 6.01. The fourth-order valence-corrected chi connectivity index (χ4v) is 8.40. The predicted octanol–water partition coefficient (Wildman–Crippen LogP) is 8.25. The molecule has 3 aromatic carbocycles. The third-order valence-corrected chi connectivity index (χ3v) is 12.3. The molecular formula is C52H52F2N8O7. The summed E-state index contributed by atoms with van der Waals surface area (Å²) in [6.45, 7) is 4.86. The standard InChI is InChI=1S/C52H52F2N8O7/c1-3-38-39(30-60-47(55)45(38)32-13-17-37(63)18-14-32)35-15-19-40(59-29-35)49(66)58-26-25-56-44(64)11-6-4-5-7-24-57-48(65)34-10-8-9-33(27-34)46-31(2)12-21-43(61-46)62-50(67)51(22-23-51)36-16-20-41-42(28-36)69-52(53,54)68-41/h8-10,12-21,27-30,63H,3-7,11,22-26H2,1-2H3,(H2,55,60)(H,56,64)(H,57,65)(H,58,66)(H,61,62,67). The van der Waals surface area contributed by atoms with Crippen molar-refractivity contribution in [1.82, 2.24) is 30.9 Å². The van der Waals surface area contributed by atoms with Crippen molar-refractivity contribution in [2.75, 3.05) is 30.7 Å². The summed E-state index contributed by atoms with van der Waals surface area (Å²) in [6.07, 6.45) is 4.66. The lowest BCUT2D eigenvalue weighted by molar-refractivity contribution is -0.286. The minimum atomic E-state index is -3.75. The van der Waals surface area contributed by atoms with E-state index in [-0.39, 0.29) is 59.7 Å². The molecule has 0 spiro atoms. The van der Waals surface area contributed by atoms with Gasteiger partial charge in [0, 0.05) is 66.3 Å². The maximum atomic E-state index is 13.6. The van der Waals surface area contributed by atoms with Crippen molar-refractivity contribution in [3.05, 3.63) is 131 Å². The van der Waals surface area contributed by atoms with E-state index in [4.69, 9.17) is 10.7 Å². The molecule has 3 aromatic heterocycles. The molecule has 1 saturated carbocycles. The fraction of sp³-hybridized carbons (Fsp3) is 0.288. The molecule has 6 aromatic rings. The predicted molar refractivity (Wildman–Crippen MR) is 256 cm³/mol. The van der Waals surface area contributed by atoms with Gasteiger partial charge in [-0.25, -0.2) is 9.97 Å². The molecule has 356 valence electrons. The van der Waals surface area contributed by atoms with Crippen molar-refractivity contribution in [3.8, 4) is 50.8 Å². The van der Waals surface area contributed by atoms with E-state index in [1.165, 1.54) is 12.1 Å². The number of amides is 4. The van der Waals surface area contributed by atoms with E-state index in [9.17, 15) is 33.1 Å². The van der Waals surface area contributed by atoms with E-state index in [1.807, 2.05) is 32.0 Å². The number of halogens is 2. The quantitative estimate of drug-likeness (QED) is 0.0425. The number of carbonyl (C=O) groups excluding carboxylic acids is 4. The van der Waals surface area contributed by atoms with Crippen LogP contribution < -0.4 is 36.5 Å². The smallest absolute Gasteiger partial charge is 0.508 e. The molecule has 7 N–H and O–H groups in total. The van der Waals surface area contributed by atoms with E-state index < -0.39 is 11.7 Å². The van der Waals surface area contributed by atoms with E-state index in [2.05, 4.69) is 40.7 Å². The molecule has 1 fully saturated rings. The second kappa shape index (κ2) is 20.5. The first-order chi connectivity index (χ1) is 33.2. The molecular weight excluding hydrogens is 887 g/mol. The Morgan fingerprint density at radius 1 is 0.754 bits per heavy atom. The van der Waals surface area contributed by atoms with Gasteiger partial charge >= 0.3 is 6.29 Å². The number of unbranched alkanes of at least 4 members (excludes halogenated alkanes) is 3. The Morgan fingerprint density at radius 3 is 2.25 bits per heavy atom. The number of hydrogen-bond acceptors (Lipinski definition) is 11. The number of carbonyl (C=O) groups is 4. The Morgan fingerprint density at radius 2 is 1.49 bits per heavy atom. The highest BCUT2D eigenvalue weighted by Crippen LogP contribution is 2.52. The maximum absolute atomic E-state index is 13.6. The van der Waals surface area contributed by atoms with Crippen molar-refractivity contribution >= 4 is 35.3 Å².